The molecule has 0 aliphatic rings. The minimum atomic E-state index is 0.854. The Hall–Kier alpha value is -0.810. The first-order valence-electron chi connectivity index (χ1n) is 3.23. The van der Waals surface area contributed by atoms with Gasteiger partial charge in [-0.1, -0.05) is 0 Å². The Labute approximate surface area is 81.7 Å². The van der Waals surface area contributed by atoms with E-state index >= 15 is 0 Å². The number of hydrogen-bond acceptors (Lipinski definition) is 4. The largest absolute Gasteiger partial charge is 0.245 e. The molecular formula is C7H4BrN3S. The Balaban J connectivity index is 2.45. The average Bonchev–Trinajstić information content (AvgIpc) is 2.54. The Morgan fingerprint density at radius 2 is 2.25 bits per heavy atom. The third-order valence-corrected chi connectivity index (χ3v) is 2.69. The van der Waals surface area contributed by atoms with Crippen molar-refractivity contribution < 1.29 is 0 Å². The SMILES string of the molecule is Brc1nc(-c2ccncn2)cs1. The summed E-state index contributed by atoms with van der Waals surface area (Å²) in [6, 6.07) is 1.83. The molecule has 0 aliphatic carbocycles. The molecule has 0 fully saturated rings. The van der Waals surface area contributed by atoms with E-state index in [1.54, 1.807) is 17.5 Å². The first kappa shape index (κ1) is 7.82. The highest BCUT2D eigenvalue weighted by Gasteiger charge is 2.01. The van der Waals surface area contributed by atoms with E-state index in [1.165, 1.54) is 6.33 Å². The van der Waals surface area contributed by atoms with Crippen LogP contribution < -0.4 is 0 Å². The van der Waals surface area contributed by atoms with Gasteiger partial charge in [-0.05, 0) is 22.0 Å². The molecule has 0 spiro atoms. The van der Waals surface area contributed by atoms with Crippen LogP contribution in [0.5, 0.6) is 0 Å². The van der Waals surface area contributed by atoms with Crippen molar-refractivity contribution in [2.24, 2.45) is 0 Å². The van der Waals surface area contributed by atoms with Crippen molar-refractivity contribution in [1.29, 1.82) is 0 Å². The standard InChI is InChI=1S/C7H4BrN3S/c8-7-11-6(3-12-7)5-1-2-9-4-10-5/h1-4H. The van der Waals surface area contributed by atoms with E-state index in [4.69, 9.17) is 0 Å². The van der Waals surface area contributed by atoms with E-state index in [2.05, 4.69) is 30.9 Å². The van der Waals surface area contributed by atoms with E-state index < -0.39 is 0 Å². The summed E-state index contributed by atoms with van der Waals surface area (Å²) in [5, 5.41) is 1.95. The van der Waals surface area contributed by atoms with Crippen LogP contribution in [-0.2, 0) is 0 Å². The molecule has 2 aromatic heterocycles. The smallest absolute Gasteiger partial charge is 0.159 e. The molecule has 12 heavy (non-hydrogen) atoms. The molecule has 0 atom stereocenters. The number of thiazole rings is 1. The minimum absolute atomic E-state index is 0.854. The average molecular weight is 242 g/mol. The van der Waals surface area contributed by atoms with E-state index in [-0.39, 0.29) is 0 Å². The first-order chi connectivity index (χ1) is 5.86. The molecule has 0 radical (unpaired) electrons. The lowest BCUT2D eigenvalue weighted by molar-refractivity contribution is 1.16. The van der Waals surface area contributed by atoms with Gasteiger partial charge < -0.3 is 0 Å². The second-order valence-corrected chi connectivity index (χ2v) is 4.21. The van der Waals surface area contributed by atoms with Gasteiger partial charge in [-0.25, -0.2) is 15.0 Å². The zero-order chi connectivity index (χ0) is 8.39. The summed E-state index contributed by atoms with van der Waals surface area (Å²) in [5.74, 6) is 0. The number of hydrogen-bond donors (Lipinski definition) is 0. The molecule has 0 amide bonds. The molecule has 2 rings (SSSR count). The van der Waals surface area contributed by atoms with Gasteiger partial charge in [-0.2, -0.15) is 0 Å². The molecular weight excluding hydrogens is 238 g/mol. The van der Waals surface area contributed by atoms with Gasteiger partial charge in [0.05, 0.1) is 5.69 Å². The third-order valence-electron chi connectivity index (χ3n) is 1.32. The fraction of sp³-hybridized carbons (Fsp3) is 0. The summed E-state index contributed by atoms with van der Waals surface area (Å²) in [5.41, 5.74) is 1.74. The molecule has 5 heteroatoms. The van der Waals surface area contributed by atoms with Crippen LogP contribution >= 0.6 is 27.3 Å². The highest BCUT2D eigenvalue weighted by Crippen LogP contribution is 2.22. The quantitative estimate of drug-likeness (QED) is 0.770. The van der Waals surface area contributed by atoms with Crippen LogP contribution in [0.15, 0.2) is 27.9 Å². The summed E-state index contributed by atoms with van der Waals surface area (Å²) < 4.78 is 0.871. The lowest BCUT2D eigenvalue weighted by Gasteiger charge is -1.90. The van der Waals surface area contributed by atoms with Crippen LogP contribution in [0.1, 0.15) is 0 Å². The molecule has 0 N–H and O–H groups in total. The topological polar surface area (TPSA) is 38.7 Å². The van der Waals surface area contributed by atoms with E-state index in [0.29, 0.717) is 0 Å². The summed E-state index contributed by atoms with van der Waals surface area (Å²) in [7, 11) is 0. The lowest BCUT2D eigenvalue weighted by Crippen LogP contribution is -1.82. The van der Waals surface area contributed by atoms with Crippen molar-refractivity contribution >= 4 is 27.3 Å². The molecule has 2 heterocycles. The van der Waals surface area contributed by atoms with Crippen LogP contribution in [0.25, 0.3) is 11.4 Å². The van der Waals surface area contributed by atoms with Gasteiger partial charge in [-0.15, -0.1) is 11.3 Å². The molecule has 0 aliphatic heterocycles. The Morgan fingerprint density at radius 3 is 2.83 bits per heavy atom. The van der Waals surface area contributed by atoms with Crippen molar-refractivity contribution in [1.82, 2.24) is 15.0 Å². The maximum atomic E-state index is 4.23. The second kappa shape index (κ2) is 3.28. The van der Waals surface area contributed by atoms with Crippen LogP contribution in [0.3, 0.4) is 0 Å². The third kappa shape index (κ3) is 1.51. The predicted molar refractivity (Wildman–Crippen MR) is 50.8 cm³/mol. The van der Waals surface area contributed by atoms with Crippen LogP contribution in [-0.4, -0.2) is 15.0 Å². The van der Waals surface area contributed by atoms with Crippen LogP contribution in [0, 0.1) is 0 Å². The monoisotopic (exact) mass is 241 g/mol. The number of halogens is 1. The second-order valence-electron chi connectivity index (χ2n) is 2.08. The normalized spacial score (nSPS) is 10.1. The molecule has 60 valence electrons. The van der Waals surface area contributed by atoms with Crippen molar-refractivity contribution in [2.75, 3.05) is 0 Å². The molecule has 2 aromatic rings. The molecule has 0 saturated carbocycles. The van der Waals surface area contributed by atoms with Gasteiger partial charge in [-0.3, -0.25) is 0 Å². The highest BCUT2D eigenvalue weighted by molar-refractivity contribution is 9.11. The Bertz CT molecular complexity index is 373. The maximum Gasteiger partial charge on any atom is 0.159 e. The molecule has 3 nitrogen and oxygen atoms in total. The van der Waals surface area contributed by atoms with Crippen molar-refractivity contribution in [3.8, 4) is 11.4 Å². The molecule has 0 aromatic carbocycles. The highest BCUT2D eigenvalue weighted by atomic mass is 79.9. The zero-order valence-electron chi connectivity index (χ0n) is 5.94. The van der Waals surface area contributed by atoms with Crippen molar-refractivity contribution in [3.63, 3.8) is 0 Å². The van der Waals surface area contributed by atoms with Gasteiger partial charge in [0.2, 0.25) is 0 Å². The lowest BCUT2D eigenvalue weighted by atomic mass is 10.3. The van der Waals surface area contributed by atoms with Crippen LogP contribution in [0.4, 0.5) is 0 Å². The van der Waals surface area contributed by atoms with Gasteiger partial charge >= 0.3 is 0 Å². The van der Waals surface area contributed by atoms with E-state index in [1.807, 2.05) is 11.4 Å². The fourth-order valence-electron chi connectivity index (χ4n) is 0.812. The first-order valence-corrected chi connectivity index (χ1v) is 4.91. The zero-order valence-corrected chi connectivity index (χ0v) is 8.34. The molecule has 0 saturated heterocycles. The number of nitrogens with zero attached hydrogens (tertiary/aromatic N) is 3. The molecule has 0 unspecified atom stereocenters. The van der Waals surface area contributed by atoms with E-state index in [9.17, 15) is 0 Å². The fourth-order valence-corrected chi connectivity index (χ4v) is 1.82. The summed E-state index contributed by atoms with van der Waals surface area (Å²) in [4.78, 5) is 12.1. The van der Waals surface area contributed by atoms with Gasteiger partial charge in [0.1, 0.15) is 12.0 Å². The summed E-state index contributed by atoms with van der Waals surface area (Å²) >= 11 is 4.84. The van der Waals surface area contributed by atoms with Crippen molar-refractivity contribution in [2.45, 2.75) is 0 Å². The minimum Gasteiger partial charge on any atom is -0.245 e. The Kier molecular flexibility index (Phi) is 2.14. The van der Waals surface area contributed by atoms with E-state index in [0.717, 1.165) is 15.3 Å². The summed E-state index contributed by atoms with van der Waals surface area (Å²) in [6.07, 6.45) is 3.22. The maximum absolute atomic E-state index is 4.23. The van der Waals surface area contributed by atoms with Gasteiger partial charge in [0, 0.05) is 11.6 Å². The summed E-state index contributed by atoms with van der Waals surface area (Å²) in [6.45, 7) is 0. The number of rotatable bonds is 1. The Morgan fingerprint density at radius 1 is 1.33 bits per heavy atom. The van der Waals surface area contributed by atoms with Gasteiger partial charge in [0.15, 0.2) is 3.92 Å². The number of aromatic nitrogens is 3. The van der Waals surface area contributed by atoms with Crippen LogP contribution in [0.2, 0.25) is 0 Å². The van der Waals surface area contributed by atoms with Gasteiger partial charge in [0.25, 0.3) is 0 Å². The molecule has 0 bridgehead atoms. The van der Waals surface area contributed by atoms with Crippen molar-refractivity contribution in [3.05, 3.63) is 27.9 Å². The predicted octanol–water partition coefficient (Wildman–Crippen LogP) is 2.36.